The van der Waals surface area contributed by atoms with Gasteiger partial charge in [-0.05, 0) is 56.0 Å². The summed E-state index contributed by atoms with van der Waals surface area (Å²) >= 11 is 0. The maximum absolute atomic E-state index is 6.00. The SMILES string of the molecule is CC(C)CN1CCC(COCCC2CCC(C)CC2)CC1. The van der Waals surface area contributed by atoms with Gasteiger partial charge < -0.3 is 9.64 Å². The van der Waals surface area contributed by atoms with Crippen LogP contribution in [-0.4, -0.2) is 37.7 Å². The van der Waals surface area contributed by atoms with E-state index in [1.807, 2.05) is 0 Å². The lowest BCUT2D eigenvalue weighted by Crippen LogP contribution is -2.37. The number of likely N-dealkylation sites (tertiary alicyclic amines) is 1. The minimum absolute atomic E-state index is 0.802. The zero-order valence-electron chi connectivity index (χ0n) is 14.7. The molecule has 21 heavy (non-hydrogen) atoms. The number of nitrogens with zero attached hydrogens (tertiary/aromatic N) is 1. The zero-order chi connectivity index (χ0) is 15.1. The van der Waals surface area contributed by atoms with Gasteiger partial charge in [0.2, 0.25) is 0 Å². The molecule has 2 heteroatoms. The summed E-state index contributed by atoms with van der Waals surface area (Å²) in [5, 5.41) is 0. The van der Waals surface area contributed by atoms with Crippen LogP contribution in [0.15, 0.2) is 0 Å². The van der Waals surface area contributed by atoms with Crippen molar-refractivity contribution >= 4 is 0 Å². The fraction of sp³-hybridized carbons (Fsp3) is 1.00. The first kappa shape index (κ1) is 17.3. The van der Waals surface area contributed by atoms with Crippen LogP contribution in [0, 0.1) is 23.7 Å². The van der Waals surface area contributed by atoms with Crippen LogP contribution in [0.25, 0.3) is 0 Å². The number of rotatable bonds is 7. The molecule has 2 fully saturated rings. The van der Waals surface area contributed by atoms with E-state index in [1.165, 1.54) is 64.6 Å². The second kappa shape index (κ2) is 9.15. The summed E-state index contributed by atoms with van der Waals surface area (Å²) in [7, 11) is 0. The Hall–Kier alpha value is -0.0800. The molecule has 2 aliphatic rings. The first-order chi connectivity index (χ1) is 10.1. The van der Waals surface area contributed by atoms with Gasteiger partial charge in [-0.1, -0.05) is 46.5 Å². The van der Waals surface area contributed by atoms with Crippen molar-refractivity contribution in [1.29, 1.82) is 0 Å². The lowest BCUT2D eigenvalue weighted by Gasteiger charge is -2.33. The molecule has 124 valence electrons. The number of piperidine rings is 1. The van der Waals surface area contributed by atoms with Gasteiger partial charge in [0.1, 0.15) is 0 Å². The van der Waals surface area contributed by atoms with Crippen molar-refractivity contribution < 1.29 is 4.74 Å². The molecule has 0 radical (unpaired) electrons. The Balaban J connectivity index is 1.48. The lowest BCUT2D eigenvalue weighted by molar-refractivity contribution is 0.0543. The standard InChI is InChI=1S/C19H37NO/c1-16(2)14-20-11-8-19(9-12-20)15-21-13-10-18-6-4-17(3)5-7-18/h16-19H,4-15H2,1-3H3. The van der Waals surface area contributed by atoms with Crippen molar-refractivity contribution in [3.8, 4) is 0 Å². The molecule has 1 aliphatic carbocycles. The van der Waals surface area contributed by atoms with Gasteiger partial charge in [0.05, 0.1) is 0 Å². The minimum atomic E-state index is 0.802. The third kappa shape index (κ3) is 6.69. The summed E-state index contributed by atoms with van der Waals surface area (Å²) in [6.45, 7) is 12.9. The second-order valence-electron chi connectivity index (χ2n) is 8.13. The first-order valence-corrected chi connectivity index (χ1v) is 9.43. The molecule has 0 aromatic rings. The number of ether oxygens (including phenoxy) is 1. The van der Waals surface area contributed by atoms with E-state index in [0.717, 1.165) is 36.9 Å². The molecule has 0 unspecified atom stereocenters. The Morgan fingerprint density at radius 2 is 1.62 bits per heavy atom. The summed E-state index contributed by atoms with van der Waals surface area (Å²) < 4.78 is 6.00. The average molecular weight is 296 g/mol. The van der Waals surface area contributed by atoms with E-state index >= 15 is 0 Å². The first-order valence-electron chi connectivity index (χ1n) is 9.43. The van der Waals surface area contributed by atoms with Crippen LogP contribution in [0.4, 0.5) is 0 Å². The smallest absolute Gasteiger partial charge is 0.0495 e. The summed E-state index contributed by atoms with van der Waals surface area (Å²) in [6.07, 6.45) is 9.76. The molecule has 1 saturated carbocycles. The molecule has 0 bridgehead atoms. The Morgan fingerprint density at radius 1 is 0.952 bits per heavy atom. The molecule has 0 aromatic heterocycles. The number of hydrogen-bond acceptors (Lipinski definition) is 2. The highest BCUT2D eigenvalue weighted by Gasteiger charge is 2.20. The summed E-state index contributed by atoms with van der Waals surface area (Å²) in [5.74, 6) is 3.54. The molecule has 1 heterocycles. The maximum atomic E-state index is 6.00. The van der Waals surface area contributed by atoms with Crippen LogP contribution < -0.4 is 0 Å². The lowest BCUT2D eigenvalue weighted by atomic mass is 9.82. The zero-order valence-corrected chi connectivity index (χ0v) is 14.7. The molecule has 2 rings (SSSR count). The molecular weight excluding hydrogens is 258 g/mol. The molecule has 0 aromatic carbocycles. The van der Waals surface area contributed by atoms with Crippen molar-refractivity contribution in [3.63, 3.8) is 0 Å². The van der Waals surface area contributed by atoms with Crippen LogP contribution in [0.3, 0.4) is 0 Å². The van der Waals surface area contributed by atoms with Crippen LogP contribution >= 0.6 is 0 Å². The summed E-state index contributed by atoms with van der Waals surface area (Å²) in [6, 6.07) is 0. The topological polar surface area (TPSA) is 12.5 Å². The molecule has 0 spiro atoms. The second-order valence-corrected chi connectivity index (χ2v) is 8.13. The third-order valence-electron chi connectivity index (χ3n) is 5.49. The van der Waals surface area contributed by atoms with Crippen LogP contribution in [0.1, 0.15) is 65.7 Å². The highest BCUT2D eigenvalue weighted by atomic mass is 16.5. The van der Waals surface area contributed by atoms with Gasteiger partial charge in [-0.25, -0.2) is 0 Å². The van der Waals surface area contributed by atoms with Crippen LogP contribution in [0.2, 0.25) is 0 Å². The summed E-state index contributed by atoms with van der Waals surface area (Å²) in [5.41, 5.74) is 0. The van der Waals surface area contributed by atoms with Crippen molar-refractivity contribution in [2.45, 2.75) is 65.7 Å². The molecule has 0 N–H and O–H groups in total. The van der Waals surface area contributed by atoms with Crippen molar-refractivity contribution in [2.75, 3.05) is 32.8 Å². The Labute approximate surface area is 132 Å². The van der Waals surface area contributed by atoms with Gasteiger partial charge in [-0.3, -0.25) is 0 Å². The number of hydrogen-bond donors (Lipinski definition) is 0. The average Bonchev–Trinajstić information content (AvgIpc) is 2.46. The Bertz CT molecular complexity index is 263. The van der Waals surface area contributed by atoms with Gasteiger partial charge in [0.25, 0.3) is 0 Å². The fourth-order valence-electron chi connectivity index (χ4n) is 3.97. The van der Waals surface area contributed by atoms with Gasteiger partial charge in [-0.15, -0.1) is 0 Å². The minimum Gasteiger partial charge on any atom is -0.381 e. The van der Waals surface area contributed by atoms with E-state index in [-0.39, 0.29) is 0 Å². The van der Waals surface area contributed by atoms with E-state index in [2.05, 4.69) is 25.7 Å². The highest BCUT2D eigenvalue weighted by molar-refractivity contribution is 4.73. The molecule has 1 saturated heterocycles. The predicted octanol–water partition coefficient (Wildman–Crippen LogP) is 4.59. The fourth-order valence-corrected chi connectivity index (χ4v) is 3.97. The van der Waals surface area contributed by atoms with Gasteiger partial charge in [-0.2, -0.15) is 0 Å². The van der Waals surface area contributed by atoms with Gasteiger partial charge in [0, 0.05) is 19.8 Å². The van der Waals surface area contributed by atoms with E-state index in [0.29, 0.717) is 0 Å². The molecule has 0 amide bonds. The normalized spacial score (nSPS) is 29.1. The molecule has 1 aliphatic heterocycles. The van der Waals surface area contributed by atoms with Crippen LogP contribution in [0.5, 0.6) is 0 Å². The van der Waals surface area contributed by atoms with E-state index in [1.54, 1.807) is 0 Å². The summed E-state index contributed by atoms with van der Waals surface area (Å²) in [4.78, 5) is 2.63. The van der Waals surface area contributed by atoms with E-state index in [9.17, 15) is 0 Å². The Kier molecular flexibility index (Phi) is 7.53. The van der Waals surface area contributed by atoms with E-state index in [4.69, 9.17) is 4.74 Å². The van der Waals surface area contributed by atoms with Crippen molar-refractivity contribution in [2.24, 2.45) is 23.7 Å². The van der Waals surface area contributed by atoms with Crippen LogP contribution in [-0.2, 0) is 4.74 Å². The van der Waals surface area contributed by atoms with Gasteiger partial charge in [0.15, 0.2) is 0 Å². The predicted molar refractivity (Wildman–Crippen MR) is 90.6 cm³/mol. The van der Waals surface area contributed by atoms with Gasteiger partial charge >= 0.3 is 0 Å². The highest BCUT2D eigenvalue weighted by Crippen LogP contribution is 2.30. The van der Waals surface area contributed by atoms with Crippen molar-refractivity contribution in [3.05, 3.63) is 0 Å². The molecule has 2 nitrogen and oxygen atoms in total. The largest absolute Gasteiger partial charge is 0.381 e. The third-order valence-corrected chi connectivity index (χ3v) is 5.49. The maximum Gasteiger partial charge on any atom is 0.0495 e. The molecule has 0 atom stereocenters. The van der Waals surface area contributed by atoms with E-state index < -0.39 is 0 Å². The Morgan fingerprint density at radius 3 is 2.24 bits per heavy atom. The quantitative estimate of drug-likeness (QED) is 0.637. The monoisotopic (exact) mass is 295 g/mol. The molecular formula is C19H37NO. The van der Waals surface area contributed by atoms with Crippen molar-refractivity contribution in [1.82, 2.24) is 4.90 Å².